The van der Waals surface area contributed by atoms with Crippen molar-refractivity contribution in [2.24, 2.45) is 5.41 Å². The highest BCUT2D eigenvalue weighted by Gasteiger charge is 2.37. The van der Waals surface area contributed by atoms with Gasteiger partial charge in [-0.3, -0.25) is 29.3 Å². The second-order valence-electron chi connectivity index (χ2n) is 7.95. The Balaban J connectivity index is 2.43. The van der Waals surface area contributed by atoms with Gasteiger partial charge in [-0.1, -0.05) is 20.8 Å². The number of amides is 1. The van der Waals surface area contributed by atoms with Crippen LogP contribution in [0.3, 0.4) is 0 Å². The van der Waals surface area contributed by atoms with Crippen LogP contribution in [0, 0.1) is 5.41 Å². The quantitative estimate of drug-likeness (QED) is 0.269. The molecular formula is C17H26N4O8. The highest BCUT2D eigenvalue weighted by molar-refractivity contribution is 6.06. The molecule has 1 aliphatic heterocycles. The summed E-state index contributed by atoms with van der Waals surface area (Å²) in [7, 11) is 0. The summed E-state index contributed by atoms with van der Waals surface area (Å²) in [6.07, 6.45) is -4.96. The molecule has 12 nitrogen and oxygen atoms in total. The second kappa shape index (κ2) is 8.45. The average Bonchev–Trinajstić information content (AvgIpc) is 2.62. The number of hydrogen-bond donors (Lipinski definition) is 6. The predicted molar refractivity (Wildman–Crippen MR) is 102 cm³/mol. The van der Waals surface area contributed by atoms with Crippen LogP contribution < -0.4 is 21.0 Å². The number of H-pyrrole nitrogens is 2. The van der Waals surface area contributed by atoms with Crippen molar-refractivity contribution in [1.82, 2.24) is 9.97 Å². The standard InChI is InChI=1S/C17H26N4O8/c1-17(2,3)10(25)5-21-11(26)6-20(4-8(23)13(27)9(24)7-22)14-12(21)15(28)19-16(29)18-14/h8-9,13,22-24,27H,4-7H2,1-3H3,(H2,18,19,28,29)/t8-,9+,13-/m0/s1. The average molecular weight is 414 g/mol. The molecule has 1 aromatic heterocycles. The fourth-order valence-corrected chi connectivity index (χ4v) is 2.80. The Morgan fingerprint density at radius 3 is 2.28 bits per heavy atom. The number of anilines is 2. The molecule has 1 aromatic rings. The number of carbonyl (C=O) groups excluding carboxylic acids is 2. The van der Waals surface area contributed by atoms with E-state index in [1.54, 1.807) is 20.8 Å². The third-order valence-electron chi connectivity index (χ3n) is 4.63. The monoisotopic (exact) mass is 414 g/mol. The van der Waals surface area contributed by atoms with Crippen LogP contribution in [0.4, 0.5) is 11.5 Å². The summed E-state index contributed by atoms with van der Waals surface area (Å²) < 4.78 is 0. The molecule has 0 saturated heterocycles. The molecule has 1 amide bonds. The summed E-state index contributed by atoms with van der Waals surface area (Å²) in [5.74, 6) is -1.04. The molecule has 0 aromatic carbocycles. The number of aromatic nitrogens is 2. The molecule has 0 bridgehead atoms. The number of Topliss-reactive ketones (excluding diaryl/α,β-unsaturated/α-hetero) is 1. The minimum atomic E-state index is -1.73. The number of ketones is 1. The van der Waals surface area contributed by atoms with Gasteiger partial charge in [-0.15, -0.1) is 0 Å². The second-order valence-corrected chi connectivity index (χ2v) is 7.95. The van der Waals surface area contributed by atoms with Crippen molar-refractivity contribution in [2.75, 3.05) is 36.0 Å². The first kappa shape index (κ1) is 22.7. The van der Waals surface area contributed by atoms with Crippen LogP contribution in [0.5, 0.6) is 0 Å². The fraction of sp³-hybridized carbons (Fsp3) is 0.647. The third-order valence-corrected chi connectivity index (χ3v) is 4.63. The molecule has 0 fully saturated rings. The van der Waals surface area contributed by atoms with Gasteiger partial charge in [0.2, 0.25) is 5.91 Å². The first-order valence-electron chi connectivity index (χ1n) is 8.97. The van der Waals surface area contributed by atoms with Crippen molar-refractivity contribution in [2.45, 2.75) is 39.1 Å². The van der Waals surface area contributed by atoms with Crippen molar-refractivity contribution in [3.05, 3.63) is 20.8 Å². The largest absolute Gasteiger partial charge is 0.394 e. The minimum Gasteiger partial charge on any atom is -0.394 e. The van der Waals surface area contributed by atoms with E-state index in [-0.39, 0.29) is 23.8 Å². The van der Waals surface area contributed by atoms with E-state index < -0.39 is 60.6 Å². The molecule has 1 aliphatic rings. The molecule has 2 rings (SSSR count). The number of nitrogens with zero attached hydrogens (tertiary/aromatic N) is 2. The normalized spacial score (nSPS) is 17.7. The van der Waals surface area contributed by atoms with Crippen LogP contribution in [0.25, 0.3) is 0 Å². The van der Waals surface area contributed by atoms with Crippen LogP contribution >= 0.6 is 0 Å². The Bertz CT molecular complexity index is 887. The zero-order valence-corrected chi connectivity index (χ0v) is 16.4. The lowest BCUT2D eigenvalue weighted by molar-refractivity contribution is -0.127. The van der Waals surface area contributed by atoms with Gasteiger partial charge in [0.15, 0.2) is 11.5 Å². The summed E-state index contributed by atoms with van der Waals surface area (Å²) in [6, 6.07) is 0. The maximum absolute atomic E-state index is 12.7. The molecule has 6 N–H and O–H groups in total. The molecule has 0 spiro atoms. The van der Waals surface area contributed by atoms with Gasteiger partial charge < -0.3 is 25.3 Å². The van der Waals surface area contributed by atoms with Crippen molar-refractivity contribution in [3.63, 3.8) is 0 Å². The van der Waals surface area contributed by atoms with E-state index in [1.807, 2.05) is 4.98 Å². The Morgan fingerprint density at radius 1 is 1.10 bits per heavy atom. The Kier molecular flexibility index (Phi) is 6.63. The Morgan fingerprint density at radius 2 is 1.72 bits per heavy atom. The zero-order valence-electron chi connectivity index (χ0n) is 16.4. The number of hydrogen-bond acceptors (Lipinski definition) is 9. The minimum absolute atomic E-state index is 0.107. The van der Waals surface area contributed by atoms with Gasteiger partial charge in [0.25, 0.3) is 5.56 Å². The summed E-state index contributed by atoms with van der Waals surface area (Å²) in [6.45, 7) is 2.98. The van der Waals surface area contributed by atoms with E-state index in [4.69, 9.17) is 5.11 Å². The van der Waals surface area contributed by atoms with Gasteiger partial charge in [0.1, 0.15) is 24.1 Å². The fourth-order valence-electron chi connectivity index (χ4n) is 2.80. The van der Waals surface area contributed by atoms with E-state index in [9.17, 15) is 34.5 Å². The molecule has 0 aliphatic carbocycles. The van der Waals surface area contributed by atoms with Crippen molar-refractivity contribution < 1.29 is 30.0 Å². The lowest BCUT2D eigenvalue weighted by atomic mass is 9.90. The van der Waals surface area contributed by atoms with E-state index >= 15 is 0 Å². The maximum atomic E-state index is 12.7. The van der Waals surface area contributed by atoms with Crippen LogP contribution in [0.1, 0.15) is 20.8 Å². The van der Waals surface area contributed by atoms with Crippen molar-refractivity contribution in [1.29, 1.82) is 0 Å². The summed E-state index contributed by atoms with van der Waals surface area (Å²) >= 11 is 0. The number of aliphatic hydroxyl groups excluding tert-OH is 4. The summed E-state index contributed by atoms with van der Waals surface area (Å²) in [5, 5.41) is 38.3. The number of rotatable bonds is 7. The lowest BCUT2D eigenvalue weighted by Gasteiger charge is -2.37. The predicted octanol–water partition coefficient (Wildman–Crippen LogP) is -3.09. The van der Waals surface area contributed by atoms with Gasteiger partial charge in [-0.05, 0) is 0 Å². The molecule has 2 heterocycles. The van der Waals surface area contributed by atoms with Crippen LogP contribution in [0.2, 0.25) is 0 Å². The topological polar surface area (TPSA) is 187 Å². The van der Waals surface area contributed by atoms with Gasteiger partial charge in [0.05, 0.1) is 19.7 Å². The SMILES string of the molecule is CC(C)(C)C(=O)CN1C(=O)CN(C[C@H](O)[C@H](O)[C@H](O)CO)c2[nH]c(=O)[nH]c(=O)c21. The highest BCUT2D eigenvalue weighted by atomic mass is 16.4. The van der Waals surface area contributed by atoms with Crippen LogP contribution in [-0.4, -0.2) is 86.6 Å². The Hall–Kier alpha value is -2.54. The lowest BCUT2D eigenvalue weighted by Crippen LogP contribution is -2.55. The van der Waals surface area contributed by atoms with Gasteiger partial charge >= 0.3 is 5.69 Å². The van der Waals surface area contributed by atoms with Crippen LogP contribution in [0.15, 0.2) is 9.59 Å². The smallest absolute Gasteiger partial charge is 0.327 e. The van der Waals surface area contributed by atoms with Gasteiger partial charge in [-0.25, -0.2) is 4.79 Å². The number of aliphatic hydroxyl groups is 4. The van der Waals surface area contributed by atoms with E-state index in [0.29, 0.717) is 0 Å². The molecule has 3 atom stereocenters. The van der Waals surface area contributed by atoms with Crippen LogP contribution in [-0.2, 0) is 9.59 Å². The Labute approximate surface area is 165 Å². The number of aromatic amines is 2. The number of fused-ring (bicyclic) bond motifs is 1. The number of carbonyl (C=O) groups is 2. The van der Waals surface area contributed by atoms with Gasteiger partial charge in [-0.2, -0.15) is 0 Å². The number of β-amino-alcohol motifs (C(OH)–C–C–N with tert-alkyl or cyclic N) is 1. The number of nitrogens with one attached hydrogen (secondary N) is 2. The molecular weight excluding hydrogens is 388 g/mol. The molecule has 0 unspecified atom stereocenters. The molecule has 0 radical (unpaired) electrons. The molecule has 12 heteroatoms. The molecule has 0 saturated carbocycles. The molecule has 29 heavy (non-hydrogen) atoms. The van der Waals surface area contributed by atoms with E-state index in [2.05, 4.69) is 4.98 Å². The zero-order chi connectivity index (χ0) is 22.1. The third kappa shape index (κ3) is 4.90. The highest BCUT2D eigenvalue weighted by Crippen LogP contribution is 2.28. The maximum Gasteiger partial charge on any atom is 0.327 e. The molecule has 162 valence electrons. The summed E-state index contributed by atoms with van der Waals surface area (Å²) in [5.41, 5.74) is -2.79. The van der Waals surface area contributed by atoms with Crippen molar-refractivity contribution in [3.8, 4) is 0 Å². The van der Waals surface area contributed by atoms with Gasteiger partial charge in [0, 0.05) is 12.0 Å². The van der Waals surface area contributed by atoms with E-state index in [1.165, 1.54) is 0 Å². The van der Waals surface area contributed by atoms with Crippen molar-refractivity contribution >= 4 is 23.2 Å². The summed E-state index contributed by atoms with van der Waals surface area (Å²) in [4.78, 5) is 55.7. The van der Waals surface area contributed by atoms with E-state index in [0.717, 1.165) is 9.80 Å². The first-order chi connectivity index (χ1) is 13.4. The first-order valence-corrected chi connectivity index (χ1v) is 8.97.